The molecule has 1 amide bonds. The van der Waals surface area contributed by atoms with Crippen LogP contribution in [0.25, 0.3) is 0 Å². The van der Waals surface area contributed by atoms with Crippen molar-refractivity contribution in [1.82, 2.24) is 14.9 Å². The molecule has 2 aromatic rings. The summed E-state index contributed by atoms with van der Waals surface area (Å²) in [5.74, 6) is 1.43. The monoisotopic (exact) mass is 280 g/mol. The molecule has 0 radical (unpaired) electrons. The van der Waals surface area contributed by atoms with E-state index in [1.807, 2.05) is 18.5 Å². The van der Waals surface area contributed by atoms with Gasteiger partial charge in [0.15, 0.2) is 0 Å². The van der Waals surface area contributed by atoms with Crippen molar-refractivity contribution in [2.24, 2.45) is 5.92 Å². The number of amides is 1. The van der Waals surface area contributed by atoms with Crippen molar-refractivity contribution in [3.05, 3.63) is 53.6 Å². The maximum absolute atomic E-state index is 12.1. The first-order valence-corrected chi connectivity index (χ1v) is 7.04. The van der Waals surface area contributed by atoms with Crippen LogP contribution in [0, 0.1) is 17.2 Å². The van der Waals surface area contributed by atoms with Gasteiger partial charge < -0.3 is 9.88 Å². The Hall–Kier alpha value is -2.61. The number of imidazole rings is 1. The van der Waals surface area contributed by atoms with Gasteiger partial charge in [0.1, 0.15) is 5.82 Å². The smallest absolute Gasteiger partial charge is 0.251 e. The molecular formula is C16H16N4O. The number of benzene rings is 1. The lowest BCUT2D eigenvalue weighted by Gasteiger charge is -2.23. The van der Waals surface area contributed by atoms with E-state index in [-0.39, 0.29) is 5.91 Å². The number of aryl methyl sites for hydroxylation is 1. The SMILES string of the molecule is N#Cc1cccc(C(=O)NC[C@@H]2CCc3nccn3C2)c1. The van der Waals surface area contributed by atoms with Crippen LogP contribution < -0.4 is 5.32 Å². The Balaban J connectivity index is 1.58. The zero-order valence-corrected chi connectivity index (χ0v) is 11.6. The minimum absolute atomic E-state index is 0.122. The van der Waals surface area contributed by atoms with Crippen LogP contribution >= 0.6 is 0 Å². The number of nitrogens with zero attached hydrogens (tertiary/aromatic N) is 3. The molecule has 1 aliphatic heterocycles. The topological polar surface area (TPSA) is 70.7 Å². The van der Waals surface area contributed by atoms with Crippen LogP contribution in [0.4, 0.5) is 0 Å². The Labute approximate surface area is 123 Å². The average Bonchev–Trinajstić information content (AvgIpc) is 3.00. The first-order valence-electron chi connectivity index (χ1n) is 7.04. The molecule has 5 heteroatoms. The van der Waals surface area contributed by atoms with E-state index < -0.39 is 0 Å². The van der Waals surface area contributed by atoms with E-state index in [1.54, 1.807) is 24.3 Å². The zero-order chi connectivity index (χ0) is 14.7. The van der Waals surface area contributed by atoms with Crippen molar-refractivity contribution in [1.29, 1.82) is 5.26 Å². The van der Waals surface area contributed by atoms with E-state index in [0.29, 0.717) is 23.6 Å². The van der Waals surface area contributed by atoms with Gasteiger partial charge in [0.05, 0.1) is 11.6 Å². The summed E-state index contributed by atoms with van der Waals surface area (Å²) in [6.45, 7) is 1.54. The molecule has 0 unspecified atom stereocenters. The van der Waals surface area contributed by atoms with E-state index in [2.05, 4.69) is 14.9 Å². The molecule has 2 heterocycles. The Morgan fingerprint density at radius 1 is 1.52 bits per heavy atom. The quantitative estimate of drug-likeness (QED) is 0.931. The highest BCUT2D eigenvalue weighted by Gasteiger charge is 2.19. The van der Waals surface area contributed by atoms with Gasteiger partial charge in [0.25, 0.3) is 5.91 Å². The first kappa shape index (κ1) is 13.4. The largest absolute Gasteiger partial charge is 0.352 e. The molecule has 0 fully saturated rings. The number of carbonyl (C=O) groups is 1. The summed E-state index contributed by atoms with van der Waals surface area (Å²) in [5, 5.41) is 11.8. The minimum atomic E-state index is -0.122. The number of hydrogen-bond acceptors (Lipinski definition) is 3. The summed E-state index contributed by atoms with van der Waals surface area (Å²) >= 11 is 0. The van der Waals surface area contributed by atoms with Crippen molar-refractivity contribution in [3.8, 4) is 6.07 Å². The normalized spacial score (nSPS) is 16.8. The molecule has 0 saturated carbocycles. The van der Waals surface area contributed by atoms with Crippen LogP contribution in [0.5, 0.6) is 0 Å². The summed E-state index contributed by atoms with van der Waals surface area (Å²) < 4.78 is 2.15. The highest BCUT2D eigenvalue weighted by Crippen LogP contribution is 2.18. The predicted molar refractivity (Wildman–Crippen MR) is 77.5 cm³/mol. The zero-order valence-electron chi connectivity index (χ0n) is 11.6. The fourth-order valence-electron chi connectivity index (χ4n) is 2.67. The van der Waals surface area contributed by atoms with Gasteiger partial charge in [-0.05, 0) is 30.5 Å². The van der Waals surface area contributed by atoms with E-state index in [1.165, 1.54) is 0 Å². The van der Waals surface area contributed by atoms with Crippen molar-refractivity contribution in [2.45, 2.75) is 19.4 Å². The molecule has 0 bridgehead atoms. The maximum Gasteiger partial charge on any atom is 0.251 e. The van der Waals surface area contributed by atoms with Crippen molar-refractivity contribution >= 4 is 5.91 Å². The second kappa shape index (κ2) is 5.80. The lowest BCUT2D eigenvalue weighted by Crippen LogP contribution is -2.33. The molecule has 3 rings (SSSR count). The first-order chi connectivity index (χ1) is 10.3. The van der Waals surface area contributed by atoms with Gasteiger partial charge in [0, 0.05) is 37.5 Å². The molecule has 21 heavy (non-hydrogen) atoms. The number of fused-ring (bicyclic) bond motifs is 1. The number of rotatable bonds is 3. The van der Waals surface area contributed by atoms with E-state index in [4.69, 9.17) is 5.26 Å². The highest BCUT2D eigenvalue weighted by atomic mass is 16.1. The van der Waals surface area contributed by atoms with Crippen LogP contribution in [0.15, 0.2) is 36.7 Å². The lowest BCUT2D eigenvalue weighted by atomic mass is 9.99. The summed E-state index contributed by atoms with van der Waals surface area (Å²) in [5.41, 5.74) is 1.04. The van der Waals surface area contributed by atoms with E-state index in [9.17, 15) is 4.79 Å². The van der Waals surface area contributed by atoms with Gasteiger partial charge in [-0.1, -0.05) is 6.07 Å². The summed E-state index contributed by atoms with van der Waals surface area (Å²) in [4.78, 5) is 16.4. The van der Waals surface area contributed by atoms with Crippen molar-refractivity contribution in [3.63, 3.8) is 0 Å². The molecule has 1 aliphatic rings. The highest BCUT2D eigenvalue weighted by molar-refractivity contribution is 5.94. The van der Waals surface area contributed by atoms with Gasteiger partial charge in [0.2, 0.25) is 0 Å². The van der Waals surface area contributed by atoms with Crippen LogP contribution in [-0.2, 0) is 13.0 Å². The molecule has 1 aromatic heterocycles. The third-order valence-electron chi connectivity index (χ3n) is 3.84. The standard InChI is InChI=1S/C16H16N4O/c17-9-12-2-1-3-14(8-12)16(21)19-10-13-4-5-15-18-6-7-20(15)11-13/h1-3,6-8,13H,4-5,10-11H2,(H,19,21)/t13-/m0/s1. The summed E-state index contributed by atoms with van der Waals surface area (Å²) in [7, 11) is 0. The number of carbonyl (C=O) groups excluding carboxylic acids is 1. The van der Waals surface area contributed by atoms with Crippen LogP contribution in [0.2, 0.25) is 0 Å². The fourth-order valence-corrected chi connectivity index (χ4v) is 2.67. The van der Waals surface area contributed by atoms with E-state index in [0.717, 1.165) is 25.2 Å². The molecular weight excluding hydrogens is 264 g/mol. The minimum Gasteiger partial charge on any atom is -0.352 e. The molecule has 0 aliphatic carbocycles. The number of nitrogens with one attached hydrogen (secondary N) is 1. The van der Waals surface area contributed by atoms with Gasteiger partial charge in [-0.2, -0.15) is 5.26 Å². The molecule has 1 N–H and O–H groups in total. The average molecular weight is 280 g/mol. The molecule has 0 saturated heterocycles. The predicted octanol–water partition coefficient (Wildman–Crippen LogP) is 1.75. The van der Waals surface area contributed by atoms with Gasteiger partial charge >= 0.3 is 0 Å². The molecule has 106 valence electrons. The second-order valence-corrected chi connectivity index (χ2v) is 5.30. The maximum atomic E-state index is 12.1. The van der Waals surface area contributed by atoms with Gasteiger partial charge in [-0.3, -0.25) is 4.79 Å². The third-order valence-corrected chi connectivity index (χ3v) is 3.84. The summed E-state index contributed by atoms with van der Waals surface area (Å²) in [6, 6.07) is 8.81. The Bertz CT molecular complexity index is 698. The molecule has 1 aromatic carbocycles. The van der Waals surface area contributed by atoms with Crippen LogP contribution in [0.1, 0.15) is 28.2 Å². The Morgan fingerprint density at radius 3 is 3.29 bits per heavy atom. The third kappa shape index (κ3) is 2.95. The summed E-state index contributed by atoms with van der Waals surface area (Å²) in [6.07, 6.45) is 5.80. The van der Waals surface area contributed by atoms with E-state index >= 15 is 0 Å². The lowest BCUT2D eigenvalue weighted by molar-refractivity contribution is 0.0943. The van der Waals surface area contributed by atoms with Crippen molar-refractivity contribution < 1.29 is 4.79 Å². The number of aromatic nitrogens is 2. The number of nitriles is 1. The molecule has 1 atom stereocenters. The molecule has 0 spiro atoms. The second-order valence-electron chi connectivity index (χ2n) is 5.30. The Kier molecular flexibility index (Phi) is 3.69. The van der Waals surface area contributed by atoms with Crippen LogP contribution in [0.3, 0.4) is 0 Å². The fraction of sp³-hybridized carbons (Fsp3) is 0.312. The Morgan fingerprint density at radius 2 is 2.43 bits per heavy atom. The van der Waals surface area contributed by atoms with Crippen molar-refractivity contribution in [2.75, 3.05) is 6.54 Å². The number of hydrogen-bond donors (Lipinski definition) is 1. The molecule has 5 nitrogen and oxygen atoms in total. The van der Waals surface area contributed by atoms with Crippen LogP contribution in [-0.4, -0.2) is 22.0 Å². The van der Waals surface area contributed by atoms with Gasteiger partial charge in [-0.25, -0.2) is 4.98 Å². The van der Waals surface area contributed by atoms with Gasteiger partial charge in [-0.15, -0.1) is 0 Å².